The van der Waals surface area contributed by atoms with Gasteiger partial charge in [0.15, 0.2) is 11.6 Å². The Bertz CT molecular complexity index is 347. The topological polar surface area (TPSA) is 44.5 Å². The minimum atomic E-state index is -0.806. The Labute approximate surface area is 87.9 Å². The summed E-state index contributed by atoms with van der Waals surface area (Å²) in [6.45, 7) is -0.121. The number of rotatable bonds is 3. The van der Waals surface area contributed by atoms with Gasteiger partial charge < -0.3 is 4.74 Å². The summed E-state index contributed by atoms with van der Waals surface area (Å²) in [5, 5.41) is 0. The maximum absolute atomic E-state index is 13.3. The van der Waals surface area contributed by atoms with Crippen LogP contribution in [-0.2, 0) is 11.4 Å². The van der Waals surface area contributed by atoms with Crippen LogP contribution in [0.2, 0.25) is 0 Å². The molecule has 0 saturated heterocycles. The Morgan fingerprint density at radius 2 is 2.14 bits per heavy atom. The zero-order valence-electron chi connectivity index (χ0n) is 7.31. The fourth-order valence-electron chi connectivity index (χ4n) is 1.05. The van der Waals surface area contributed by atoms with Gasteiger partial charge in [0.05, 0.1) is 18.2 Å². The first-order valence-corrected chi connectivity index (χ1v) is 4.43. The standard InChI is InChI=1S/C8H8BrF2NO2/c1-13-8-4(3-14-12)2-5(10)6(9)7(8)11/h2H,3,12H2,1H3. The van der Waals surface area contributed by atoms with E-state index in [1.165, 1.54) is 7.11 Å². The molecule has 6 heteroatoms. The molecule has 0 atom stereocenters. The Balaban J connectivity index is 3.28. The molecular formula is C8H8BrF2NO2. The lowest BCUT2D eigenvalue weighted by molar-refractivity contribution is 0.121. The van der Waals surface area contributed by atoms with Crippen molar-refractivity contribution in [1.82, 2.24) is 0 Å². The van der Waals surface area contributed by atoms with Crippen molar-refractivity contribution in [2.75, 3.05) is 7.11 Å². The van der Waals surface area contributed by atoms with Gasteiger partial charge in [0, 0.05) is 5.56 Å². The lowest BCUT2D eigenvalue weighted by atomic mass is 10.2. The number of nitrogens with two attached hydrogens (primary N) is 1. The van der Waals surface area contributed by atoms with E-state index in [-0.39, 0.29) is 22.4 Å². The fourth-order valence-corrected chi connectivity index (χ4v) is 1.34. The first kappa shape index (κ1) is 11.4. The Morgan fingerprint density at radius 3 is 2.64 bits per heavy atom. The number of hydrogen-bond acceptors (Lipinski definition) is 3. The van der Waals surface area contributed by atoms with Crippen molar-refractivity contribution in [3.05, 3.63) is 27.7 Å². The van der Waals surface area contributed by atoms with Crippen LogP contribution in [0.1, 0.15) is 5.56 Å². The van der Waals surface area contributed by atoms with Gasteiger partial charge in [-0.15, -0.1) is 0 Å². The largest absolute Gasteiger partial charge is 0.493 e. The van der Waals surface area contributed by atoms with Crippen LogP contribution in [-0.4, -0.2) is 7.11 Å². The molecule has 0 unspecified atom stereocenters. The highest BCUT2D eigenvalue weighted by Crippen LogP contribution is 2.31. The number of methoxy groups -OCH3 is 1. The van der Waals surface area contributed by atoms with Crippen LogP contribution in [0.4, 0.5) is 8.78 Å². The maximum atomic E-state index is 13.3. The minimum absolute atomic E-state index is 0.0799. The van der Waals surface area contributed by atoms with Crippen LogP contribution in [0, 0.1) is 11.6 Å². The summed E-state index contributed by atoms with van der Waals surface area (Å²) in [4.78, 5) is 4.29. The average Bonchev–Trinajstić information content (AvgIpc) is 2.16. The monoisotopic (exact) mass is 267 g/mol. The van der Waals surface area contributed by atoms with Crippen LogP contribution in [0.5, 0.6) is 5.75 Å². The Kier molecular flexibility index (Phi) is 3.79. The molecule has 0 fully saturated rings. The molecule has 0 aliphatic carbocycles. The van der Waals surface area contributed by atoms with Gasteiger partial charge in [0.2, 0.25) is 0 Å². The second-order valence-electron chi connectivity index (χ2n) is 2.49. The normalized spacial score (nSPS) is 10.4. The molecule has 1 rings (SSSR count). The van der Waals surface area contributed by atoms with Crippen molar-refractivity contribution in [3.8, 4) is 5.75 Å². The molecular weight excluding hydrogens is 260 g/mol. The lowest BCUT2D eigenvalue weighted by Gasteiger charge is -2.10. The van der Waals surface area contributed by atoms with E-state index in [2.05, 4.69) is 20.8 Å². The van der Waals surface area contributed by atoms with Gasteiger partial charge in [-0.05, 0) is 22.0 Å². The predicted molar refractivity (Wildman–Crippen MR) is 49.6 cm³/mol. The Hall–Kier alpha value is -0.720. The van der Waals surface area contributed by atoms with Crippen LogP contribution < -0.4 is 10.6 Å². The van der Waals surface area contributed by atoms with E-state index >= 15 is 0 Å². The third-order valence-electron chi connectivity index (χ3n) is 1.64. The quantitative estimate of drug-likeness (QED) is 0.674. The zero-order valence-corrected chi connectivity index (χ0v) is 8.90. The highest BCUT2D eigenvalue weighted by molar-refractivity contribution is 9.10. The van der Waals surface area contributed by atoms with Gasteiger partial charge in [0.25, 0.3) is 0 Å². The molecule has 0 amide bonds. The minimum Gasteiger partial charge on any atom is -0.493 e. The highest BCUT2D eigenvalue weighted by Gasteiger charge is 2.17. The molecule has 0 aliphatic rings. The van der Waals surface area contributed by atoms with Gasteiger partial charge in [0.1, 0.15) is 5.82 Å². The van der Waals surface area contributed by atoms with Crippen molar-refractivity contribution >= 4 is 15.9 Å². The van der Waals surface area contributed by atoms with E-state index < -0.39 is 11.6 Å². The first-order chi connectivity index (χ1) is 6.61. The predicted octanol–water partition coefficient (Wildman–Crippen LogP) is 2.13. The van der Waals surface area contributed by atoms with Gasteiger partial charge in [-0.2, -0.15) is 0 Å². The molecule has 0 saturated carbocycles. The number of halogens is 3. The molecule has 0 radical (unpaired) electrons. The summed E-state index contributed by atoms with van der Waals surface area (Å²) in [6, 6.07) is 1.10. The van der Waals surface area contributed by atoms with Crippen molar-refractivity contribution in [3.63, 3.8) is 0 Å². The second-order valence-corrected chi connectivity index (χ2v) is 3.28. The molecule has 78 valence electrons. The molecule has 1 aromatic rings. The first-order valence-electron chi connectivity index (χ1n) is 3.63. The third kappa shape index (κ3) is 2.02. The van der Waals surface area contributed by atoms with E-state index in [9.17, 15) is 8.78 Å². The number of hydrogen-bond donors (Lipinski definition) is 1. The summed E-state index contributed by atoms with van der Waals surface area (Å²) in [6.07, 6.45) is 0. The van der Waals surface area contributed by atoms with Crippen LogP contribution >= 0.6 is 15.9 Å². The second kappa shape index (κ2) is 4.68. The SMILES string of the molecule is COc1c(CON)cc(F)c(Br)c1F. The fraction of sp³-hybridized carbons (Fsp3) is 0.250. The van der Waals surface area contributed by atoms with E-state index in [0.29, 0.717) is 0 Å². The molecule has 0 heterocycles. The summed E-state index contributed by atoms with van der Waals surface area (Å²) in [5.41, 5.74) is 0.216. The number of ether oxygens (including phenoxy) is 1. The van der Waals surface area contributed by atoms with E-state index in [1.54, 1.807) is 0 Å². The van der Waals surface area contributed by atoms with Gasteiger partial charge >= 0.3 is 0 Å². The van der Waals surface area contributed by atoms with Gasteiger partial charge in [-0.25, -0.2) is 14.7 Å². The van der Waals surface area contributed by atoms with Crippen molar-refractivity contribution in [2.24, 2.45) is 5.90 Å². The van der Waals surface area contributed by atoms with E-state index in [0.717, 1.165) is 6.07 Å². The van der Waals surface area contributed by atoms with Gasteiger partial charge in [-0.3, -0.25) is 4.84 Å². The van der Waals surface area contributed by atoms with Crippen LogP contribution in [0.15, 0.2) is 10.5 Å². The van der Waals surface area contributed by atoms with Crippen molar-refractivity contribution in [2.45, 2.75) is 6.61 Å². The molecule has 0 spiro atoms. The summed E-state index contributed by atoms with van der Waals surface area (Å²) >= 11 is 2.75. The smallest absolute Gasteiger partial charge is 0.182 e. The molecule has 3 nitrogen and oxygen atoms in total. The van der Waals surface area contributed by atoms with Crippen LogP contribution in [0.3, 0.4) is 0 Å². The zero-order chi connectivity index (χ0) is 10.7. The molecule has 0 aromatic heterocycles. The Morgan fingerprint density at radius 1 is 1.50 bits per heavy atom. The molecule has 14 heavy (non-hydrogen) atoms. The summed E-state index contributed by atoms with van der Waals surface area (Å²) in [5.74, 6) is 3.20. The average molecular weight is 268 g/mol. The molecule has 2 N–H and O–H groups in total. The lowest BCUT2D eigenvalue weighted by Crippen LogP contribution is -2.04. The third-order valence-corrected chi connectivity index (χ3v) is 2.36. The van der Waals surface area contributed by atoms with Crippen LogP contribution in [0.25, 0.3) is 0 Å². The van der Waals surface area contributed by atoms with Crippen molar-refractivity contribution in [1.29, 1.82) is 0 Å². The maximum Gasteiger partial charge on any atom is 0.182 e. The summed E-state index contributed by atoms with van der Waals surface area (Å²) < 4.78 is 30.9. The van der Waals surface area contributed by atoms with E-state index in [1.807, 2.05) is 0 Å². The molecule has 0 bridgehead atoms. The van der Waals surface area contributed by atoms with E-state index in [4.69, 9.17) is 10.6 Å². The summed E-state index contributed by atoms with van der Waals surface area (Å²) in [7, 11) is 1.28. The van der Waals surface area contributed by atoms with Crippen molar-refractivity contribution < 1.29 is 18.4 Å². The molecule has 0 aliphatic heterocycles. The highest BCUT2D eigenvalue weighted by atomic mass is 79.9. The van der Waals surface area contributed by atoms with Gasteiger partial charge in [-0.1, -0.05) is 0 Å². The molecule has 1 aromatic carbocycles. The number of benzene rings is 1.